The number of aryl methyl sites for hydroxylation is 1. The topological polar surface area (TPSA) is 156 Å². The number of rotatable bonds is 12. The Hall–Kier alpha value is -6.06. The Labute approximate surface area is 303 Å². The van der Waals surface area contributed by atoms with Crippen molar-refractivity contribution in [2.75, 3.05) is 19.0 Å². The number of carbonyl (C=O) groups excluding carboxylic acids is 3. The highest BCUT2D eigenvalue weighted by atomic mass is 19.4. The zero-order valence-corrected chi connectivity index (χ0v) is 30.0. The highest BCUT2D eigenvalue weighted by Gasteiger charge is 2.35. The fourth-order valence-electron chi connectivity index (χ4n) is 4.64. The number of carbonyl (C=O) groups is 3. The van der Waals surface area contributed by atoms with Gasteiger partial charge >= 0.3 is 23.9 Å². The van der Waals surface area contributed by atoms with E-state index in [1.54, 1.807) is 38.1 Å². The lowest BCUT2D eigenvalue weighted by Crippen LogP contribution is -2.40. The quantitative estimate of drug-likeness (QED) is 0.182. The molecule has 2 N–H and O–H groups in total. The number of amides is 2. The molecule has 16 heteroatoms. The molecule has 4 aromatic rings. The monoisotopic (exact) mass is 742 g/mol. The largest absolute Gasteiger partial charge is 0.489 e. The van der Waals surface area contributed by atoms with Crippen LogP contribution >= 0.6 is 0 Å². The molecule has 0 saturated carbocycles. The lowest BCUT2D eigenvalue weighted by Gasteiger charge is -2.17. The third-order valence-electron chi connectivity index (χ3n) is 7.50. The van der Waals surface area contributed by atoms with Gasteiger partial charge in [-0.1, -0.05) is 37.3 Å². The lowest BCUT2D eigenvalue weighted by atomic mass is 10.1. The van der Waals surface area contributed by atoms with Gasteiger partial charge < -0.3 is 24.3 Å². The molecule has 1 aromatic heterocycles. The maximum atomic E-state index is 13.1. The molecule has 0 aliphatic heterocycles. The van der Waals surface area contributed by atoms with E-state index < -0.39 is 47.4 Å². The molecule has 3 aromatic carbocycles. The van der Waals surface area contributed by atoms with Gasteiger partial charge in [0.15, 0.2) is 12.2 Å². The SMILES string of the molecule is CCNC(=O)C(C)OC(=O)Nc1ccccc1.CCc1ccc(COc2ccc(-n3c(=O)cc(C(F)(F)F)n(C)c3=O)cc2)c(OC(C)C(=O)OC)c1. The van der Waals surface area contributed by atoms with Crippen LogP contribution in [-0.4, -0.2) is 53.0 Å². The maximum Gasteiger partial charge on any atom is 0.431 e. The van der Waals surface area contributed by atoms with E-state index in [1.807, 2.05) is 31.2 Å². The van der Waals surface area contributed by atoms with E-state index in [0.717, 1.165) is 19.0 Å². The van der Waals surface area contributed by atoms with Gasteiger partial charge in [0.2, 0.25) is 0 Å². The van der Waals surface area contributed by atoms with E-state index in [1.165, 1.54) is 38.3 Å². The van der Waals surface area contributed by atoms with Crippen molar-refractivity contribution < 1.29 is 46.5 Å². The molecule has 2 unspecified atom stereocenters. The minimum Gasteiger partial charge on any atom is -0.489 e. The normalized spacial score (nSPS) is 11.9. The number of para-hydroxylation sites is 1. The van der Waals surface area contributed by atoms with Gasteiger partial charge in [0.05, 0.1) is 12.8 Å². The fourth-order valence-corrected chi connectivity index (χ4v) is 4.64. The molecule has 0 radical (unpaired) electrons. The van der Waals surface area contributed by atoms with Gasteiger partial charge in [-0.05, 0) is 75.2 Å². The standard InChI is InChI=1S/C25H25F3N2O6.C12H16N2O3/c1-5-16-6-7-17(20(12-16)36-15(2)23(32)34-4)14-35-19-10-8-18(9-11-19)30-22(31)13-21(25(26,27)28)29(3)24(30)33;1-3-13-11(15)9(2)17-12(16)14-10-7-5-4-6-8-10/h6-13,15H,5,14H2,1-4H3;4-9H,3H2,1-2H3,(H,13,15)(H,14,16). The number of hydrogen-bond acceptors (Lipinski definition) is 9. The average Bonchev–Trinajstić information content (AvgIpc) is 3.13. The Morgan fingerprint density at radius 2 is 1.55 bits per heavy atom. The number of halogens is 3. The summed E-state index contributed by atoms with van der Waals surface area (Å²) in [6.45, 7) is 7.46. The zero-order chi connectivity index (χ0) is 39.3. The van der Waals surface area contributed by atoms with Crippen LogP contribution in [0.1, 0.15) is 44.5 Å². The van der Waals surface area contributed by atoms with Crippen molar-refractivity contribution in [2.45, 2.75) is 59.1 Å². The summed E-state index contributed by atoms with van der Waals surface area (Å²) in [7, 11) is 2.22. The maximum absolute atomic E-state index is 13.1. The van der Waals surface area contributed by atoms with Crippen molar-refractivity contribution in [3.05, 3.63) is 117 Å². The molecule has 0 saturated heterocycles. The molecular formula is C37H41F3N4O9. The molecule has 0 aliphatic rings. The lowest BCUT2D eigenvalue weighted by molar-refractivity contribution is -0.148. The summed E-state index contributed by atoms with van der Waals surface area (Å²) >= 11 is 0. The van der Waals surface area contributed by atoms with Crippen LogP contribution in [0.15, 0.2) is 88.5 Å². The summed E-state index contributed by atoms with van der Waals surface area (Å²) in [6, 6.07) is 20.6. The third-order valence-corrected chi connectivity index (χ3v) is 7.50. The van der Waals surface area contributed by atoms with Crippen LogP contribution in [0.3, 0.4) is 0 Å². The van der Waals surface area contributed by atoms with E-state index >= 15 is 0 Å². The van der Waals surface area contributed by atoms with Crippen LogP contribution in [-0.2, 0) is 45.3 Å². The molecule has 13 nitrogen and oxygen atoms in total. The second-order valence-corrected chi connectivity index (χ2v) is 11.3. The van der Waals surface area contributed by atoms with Crippen molar-refractivity contribution in [1.82, 2.24) is 14.5 Å². The van der Waals surface area contributed by atoms with E-state index in [-0.39, 0.29) is 18.2 Å². The molecule has 0 aliphatic carbocycles. The molecule has 0 bridgehead atoms. The van der Waals surface area contributed by atoms with E-state index in [4.69, 9.17) is 18.9 Å². The van der Waals surface area contributed by atoms with Crippen LogP contribution in [0.5, 0.6) is 11.5 Å². The van der Waals surface area contributed by atoms with Crippen molar-refractivity contribution >= 4 is 23.7 Å². The average molecular weight is 743 g/mol. The fraction of sp³-hybridized carbons (Fsp3) is 0.324. The van der Waals surface area contributed by atoms with Crippen molar-refractivity contribution in [3.8, 4) is 17.2 Å². The molecular weight excluding hydrogens is 701 g/mol. The minimum atomic E-state index is -4.84. The Balaban J connectivity index is 0.000000372. The molecule has 2 atom stereocenters. The van der Waals surface area contributed by atoms with Crippen LogP contribution < -0.4 is 31.4 Å². The first-order chi connectivity index (χ1) is 25.1. The highest BCUT2D eigenvalue weighted by molar-refractivity contribution is 5.88. The Bertz CT molecular complexity index is 1980. The Kier molecular flexibility index (Phi) is 14.8. The number of methoxy groups -OCH3 is 1. The number of anilines is 1. The summed E-state index contributed by atoms with van der Waals surface area (Å²) in [6.07, 6.45) is -6.36. The molecule has 4 rings (SSSR count). The van der Waals surface area contributed by atoms with E-state index in [2.05, 4.69) is 10.6 Å². The van der Waals surface area contributed by atoms with Gasteiger partial charge in [-0.15, -0.1) is 0 Å². The first-order valence-electron chi connectivity index (χ1n) is 16.4. The predicted octanol–water partition coefficient (Wildman–Crippen LogP) is 5.40. The van der Waals surface area contributed by atoms with Gasteiger partial charge in [0.1, 0.15) is 23.8 Å². The number of esters is 1. The number of nitrogens with one attached hydrogen (secondary N) is 2. The van der Waals surface area contributed by atoms with Crippen LogP contribution in [0.25, 0.3) is 5.69 Å². The summed E-state index contributed by atoms with van der Waals surface area (Å²) in [5.74, 6) is 0.00506. The molecule has 53 heavy (non-hydrogen) atoms. The second-order valence-electron chi connectivity index (χ2n) is 11.3. The van der Waals surface area contributed by atoms with Gasteiger partial charge in [0.25, 0.3) is 11.5 Å². The minimum absolute atomic E-state index is 0.0779. The van der Waals surface area contributed by atoms with Crippen molar-refractivity contribution in [3.63, 3.8) is 0 Å². The number of likely N-dealkylation sites (N-methyl/N-ethyl adjacent to an activating group) is 1. The molecule has 1 heterocycles. The number of alkyl halides is 3. The first kappa shape index (κ1) is 41.4. The van der Waals surface area contributed by atoms with Gasteiger partial charge in [-0.25, -0.2) is 19.0 Å². The second kappa shape index (κ2) is 19.0. The van der Waals surface area contributed by atoms with E-state index in [9.17, 15) is 37.1 Å². The molecule has 284 valence electrons. The van der Waals surface area contributed by atoms with Crippen LogP contribution in [0.4, 0.5) is 23.7 Å². The summed E-state index contributed by atoms with van der Waals surface area (Å²) in [4.78, 5) is 59.2. The smallest absolute Gasteiger partial charge is 0.431 e. The van der Waals surface area contributed by atoms with Crippen molar-refractivity contribution in [1.29, 1.82) is 0 Å². The van der Waals surface area contributed by atoms with Gasteiger partial charge in [-0.3, -0.25) is 19.5 Å². The third kappa shape index (κ3) is 11.7. The van der Waals surface area contributed by atoms with Crippen LogP contribution in [0.2, 0.25) is 0 Å². The summed E-state index contributed by atoms with van der Waals surface area (Å²) in [5.41, 5.74) is -1.18. The van der Waals surface area contributed by atoms with Gasteiger partial charge in [-0.2, -0.15) is 13.2 Å². The zero-order valence-electron chi connectivity index (χ0n) is 30.0. The van der Waals surface area contributed by atoms with E-state index in [0.29, 0.717) is 44.5 Å². The number of hydrogen-bond donors (Lipinski definition) is 2. The molecule has 0 fully saturated rings. The number of benzene rings is 3. The van der Waals surface area contributed by atoms with Gasteiger partial charge in [0, 0.05) is 30.9 Å². The Morgan fingerprint density at radius 3 is 2.13 bits per heavy atom. The highest BCUT2D eigenvalue weighted by Crippen LogP contribution is 2.27. The molecule has 0 spiro atoms. The number of aromatic nitrogens is 2. The van der Waals surface area contributed by atoms with Crippen molar-refractivity contribution in [2.24, 2.45) is 7.05 Å². The molecule has 2 amide bonds. The summed E-state index contributed by atoms with van der Waals surface area (Å²) < 4.78 is 61.4. The summed E-state index contributed by atoms with van der Waals surface area (Å²) in [5, 5.41) is 5.10. The number of ether oxygens (including phenoxy) is 4. The Morgan fingerprint density at radius 1 is 0.887 bits per heavy atom. The number of nitrogens with zero attached hydrogens (tertiary/aromatic N) is 2. The van der Waals surface area contributed by atoms with Crippen LogP contribution in [0, 0.1) is 0 Å². The first-order valence-corrected chi connectivity index (χ1v) is 16.4. The predicted molar refractivity (Wildman–Crippen MR) is 189 cm³/mol.